The highest BCUT2D eigenvalue weighted by molar-refractivity contribution is 7.89. The molecule has 4 rings (SSSR count). The standard InChI is InChI=1S/C27H36N2O5S2/c1-5-15-26-17-28(35(31,32)23-11-7-21(3)8-12-23)19-27(16-6-2,25(26)30)20-29(18-26)36(33,34)24-13-9-22(4)10-14-24/h7-14H,5-6,15-20H2,1-4H3. The largest absolute Gasteiger partial charge is 0.298 e. The molecule has 9 heteroatoms. The minimum atomic E-state index is -3.85. The fourth-order valence-electron chi connectivity index (χ4n) is 5.97. The highest BCUT2D eigenvalue weighted by Crippen LogP contribution is 2.49. The lowest BCUT2D eigenvalue weighted by Gasteiger charge is -2.56. The van der Waals surface area contributed by atoms with Crippen LogP contribution in [0.3, 0.4) is 0 Å². The van der Waals surface area contributed by atoms with Gasteiger partial charge in [-0.2, -0.15) is 8.61 Å². The zero-order valence-electron chi connectivity index (χ0n) is 21.5. The first-order chi connectivity index (χ1) is 16.9. The Hall–Kier alpha value is -2.07. The van der Waals surface area contributed by atoms with Crippen molar-refractivity contribution in [2.75, 3.05) is 26.2 Å². The summed E-state index contributed by atoms with van der Waals surface area (Å²) in [5.41, 5.74) is -0.255. The van der Waals surface area contributed by atoms with Crippen molar-refractivity contribution < 1.29 is 21.6 Å². The van der Waals surface area contributed by atoms with Crippen LogP contribution in [0.4, 0.5) is 0 Å². The molecule has 0 aromatic heterocycles. The molecule has 0 atom stereocenters. The fourth-order valence-corrected chi connectivity index (χ4v) is 9.20. The molecule has 7 nitrogen and oxygen atoms in total. The molecule has 0 amide bonds. The van der Waals surface area contributed by atoms with Crippen molar-refractivity contribution in [2.24, 2.45) is 10.8 Å². The molecule has 2 aromatic rings. The van der Waals surface area contributed by atoms with Crippen LogP contribution in [0, 0.1) is 24.7 Å². The van der Waals surface area contributed by atoms with Crippen molar-refractivity contribution in [2.45, 2.75) is 63.2 Å². The lowest BCUT2D eigenvalue weighted by Crippen LogP contribution is -2.71. The van der Waals surface area contributed by atoms with Gasteiger partial charge < -0.3 is 0 Å². The molecular weight excluding hydrogens is 496 g/mol. The fraction of sp³-hybridized carbons (Fsp3) is 0.519. The maximum absolute atomic E-state index is 14.1. The van der Waals surface area contributed by atoms with Crippen molar-refractivity contribution in [3.63, 3.8) is 0 Å². The zero-order valence-corrected chi connectivity index (χ0v) is 23.2. The number of benzene rings is 2. The van der Waals surface area contributed by atoms with E-state index in [1.54, 1.807) is 48.5 Å². The number of hydrogen-bond donors (Lipinski definition) is 0. The van der Waals surface area contributed by atoms with E-state index in [-0.39, 0.29) is 41.8 Å². The topological polar surface area (TPSA) is 91.8 Å². The summed E-state index contributed by atoms with van der Waals surface area (Å²) < 4.78 is 57.9. The number of piperidine rings is 2. The summed E-state index contributed by atoms with van der Waals surface area (Å²) in [6, 6.07) is 13.5. The Labute approximate surface area is 215 Å². The smallest absolute Gasteiger partial charge is 0.243 e. The normalized spacial score (nSPS) is 25.7. The lowest BCUT2D eigenvalue weighted by molar-refractivity contribution is -0.154. The van der Waals surface area contributed by atoms with Crippen LogP contribution in [-0.4, -0.2) is 57.4 Å². The Morgan fingerprint density at radius 2 is 0.944 bits per heavy atom. The molecule has 36 heavy (non-hydrogen) atoms. The van der Waals surface area contributed by atoms with Gasteiger partial charge in [0.15, 0.2) is 0 Å². The molecule has 2 saturated heterocycles. The molecule has 0 unspecified atom stereocenters. The average molecular weight is 533 g/mol. The lowest BCUT2D eigenvalue weighted by atomic mass is 9.60. The summed E-state index contributed by atoms with van der Waals surface area (Å²) in [5.74, 6) is 0.0180. The van der Waals surface area contributed by atoms with Gasteiger partial charge in [-0.1, -0.05) is 62.1 Å². The number of fused-ring (bicyclic) bond motifs is 2. The summed E-state index contributed by atoms with van der Waals surface area (Å²) in [4.78, 5) is 14.5. The number of hydrogen-bond acceptors (Lipinski definition) is 5. The first kappa shape index (κ1) is 27.0. The molecule has 2 aromatic carbocycles. The van der Waals surface area contributed by atoms with E-state index < -0.39 is 30.9 Å². The first-order valence-electron chi connectivity index (χ1n) is 12.6. The summed E-state index contributed by atoms with van der Waals surface area (Å²) in [7, 11) is -7.71. The number of carbonyl (C=O) groups is 1. The van der Waals surface area contributed by atoms with Crippen molar-refractivity contribution >= 4 is 25.8 Å². The van der Waals surface area contributed by atoms with Gasteiger partial charge in [0, 0.05) is 26.2 Å². The number of Topliss-reactive ketones (excluding diaryl/α,β-unsaturated/α-hetero) is 1. The summed E-state index contributed by atoms with van der Waals surface area (Å²) in [6.07, 6.45) is 2.14. The molecule has 2 fully saturated rings. The predicted molar refractivity (Wildman–Crippen MR) is 140 cm³/mol. The van der Waals surface area contributed by atoms with E-state index in [0.29, 0.717) is 25.7 Å². The Bertz CT molecular complexity index is 1220. The van der Waals surface area contributed by atoms with E-state index in [0.717, 1.165) is 11.1 Å². The van der Waals surface area contributed by atoms with Gasteiger partial charge in [0.25, 0.3) is 0 Å². The third-order valence-electron chi connectivity index (χ3n) is 7.65. The molecular formula is C27H36N2O5S2. The van der Waals surface area contributed by atoms with Gasteiger partial charge in [-0.05, 0) is 51.0 Å². The second-order valence-corrected chi connectivity index (χ2v) is 14.4. The molecule has 0 spiro atoms. The van der Waals surface area contributed by atoms with Gasteiger partial charge >= 0.3 is 0 Å². The second kappa shape index (κ2) is 9.67. The average Bonchev–Trinajstić information content (AvgIpc) is 2.81. The first-order valence-corrected chi connectivity index (χ1v) is 15.5. The van der Waals surface area contributed by atoms with Gasteiger partial charge in [0.2, 0.25) is 20.0 Å². The van der Waals surface area contributed by atoms with Gasteiger partial charge in [0.1, 0.15) is 5.78 Å². The van der Waals surface area contributed by atoms with Crippen molar-refractivity contribution in [3.05, 3.63) is 59.7 Å². The van der Waals surface area contributed by atoms with E-state index in [1.807, 2.05) is 27.7 Å². The van der Waals surface area contributed by atoms with Crippen LogP contribution >= 0.6 is 0 Å². The SMILES string of the molecule is CCCC12CN(S(=O)(=O)c3ccc(C)cc3)CC(CCC)(CN(S(=O)(=O)c3ccc(C)cc3)C1)C2=O. The van der Waals surface area contributed by atoms with Crippen LogP contribution in [0.1, 0.15) is 50.7 Å². The molecule has 2 bridgehead atoms. The Kier molecular flexibility index (Phi) is 7.24. The highest BCUT2D eigenvalue weighted by atomic mass is 32.2. The number of ketones is 1. The molecule has 0 N–H and O–H groups in total. The van der Waals surface area contributed by atoms with Crippen LogP contribution in [0.5, 0.6) is 0 Å². The van der Waals surface area contributed by atoms with Crippen LogP contribution in [-0.2, 0) is 24.8 Å². The molecule has 0 saturated carbocycles. The van der Waals surface area contributed by atoms with Gasteiger partial charge in [-0.15, -0.1) is 0 Å². The van der Waals surface area contributed by atoms with Crippen LogP contribution < -0.4 is 0 Å². The quantitative estimate of drug-likeness (QED) is 0.509. The van der Waals surface area contributed by atoms with E-state index in [4.69, 9.17) is 0 Å². The number of carbonyl (C=O) groups excluding carboxylic acids is 1. The maximum atomic E-state index is 14.1. The minimum Gasteiger partial charge on any atom is -0.298 e. The third kappa shape index (κ3) is 4.55. The minimum absolute atomic E-state index is 0.0126. The van der Waals surface area contributed by atoms with Crippen molar-refractivity contribution in [3.8, 4) is 0 Å². The van der Waals surface area contributed by atoms with E-state index in [2.05, 4.69) is 0 Å². The zero-order chi connectivity index (χ0) is 26.4. The van der Waals surface area contributed by atoms with E-state index >= 15 is 0 Å². The molecule has 0 radical (unpaired) electrons. The van der Waals surface area contributed by atoms with Gasteiger partial charge in [-0.3, -0.25) is 4.79 Å². The predicted octanol–water partition coefficient (Wildman–Crippen LogP) is 4.15. The molecule has 2 aliphatic heterocycles. The third-order valence-corrected chi connectivity index (χ3v) is 11.3. The summed E-state index contributed by atoms with van der Waals surface area (Å²) in [5, 5.41) is 0. The molecule has 2 aliphatic rings. The second-order valence-electron chi connectivity index (χ2n) is 10.6. The van der Waals surface area contributed by atoms with E-state index in [9.17, 15) is 21.6 Å². The molecule has 196 valence electrons. The number of nitrogens with zero attached hydrogens (tertiary/aromatic N) is 2. The highest BCUT2D eigenvalue weighted by Gasteiger charge is 2.62. The van der Waals surface area contributed by atoms with E-state index in [1.165, 1.54) is 8.61 Å². The Morgan fingerprint density at radius 3 is 1.22 bits per heavy atom. The van der Waals surface area contributed by atoms with Crippen LogP contribution in [0.15, 0.2) is 58.3 Å². The van der Waals surface area contributed by atoms with Crippen LogP contribution in [0.25, 0.3) is 0 Å². The Balaban J connectivity index is 1.80. The maximum Gasteiger partial charge on any atom is 0.243 e. The van der Waals surface area contributed by atoms with Gasteiger partial charge in [0.05, 0.1) is 20.6 Å². The Morgan fingerprint density at radius 1 is 0.639 bits per heavy atom. The monoisotopic (exact) mass is 532 g/mol. The van der Waals surface area contributed by atoms with Crippen LogP contribution in [0.2, 0.25) is 0 Å². The number of rotatable bonds is 8. The number of sulfonamides is 2. The van der Waals surface area contributed by atoms with Gasteiger partial charge in [-0.25, -0.2) is 16.8 Å². The number of aryl methyl sites for hydroxylation is 2. The van der Waals surface area contributed by atoms with Crippen molar-refractivity contribution in [1.82, 2.24) is 8.61 Å². The van der Waals surface area contributed by atoms with Crippen molar-refractivity contribution in [1.29, 1.82) is 0 Å². The summed E-state index contributed by atoms with van der Waals surface area (Å²) in [6.45, 7) is 7.64. The molecule has 2 heterocycles. The summed E-state index contributed by atoms with van der Waals surface area (Å²) >= 11 is 0. The molecule has 0 aliphatic carbocycles.